The van der Waals surface area contributed by atoms with Gasteiger partial charge >= 0.3 is 0 Å². The van der Waals surface area contributed by atoms with Gasteiger partial charge in [-0.25, -0.2) is 8.42 Å². The molecule has 0 fully saturated rings. The highest BCUT2D eigenvalue weighted by Crippen LogP contribution is 2.26. The molecule has 3 aromatic rings. The number of sulfonamides is 1. The topological polar surface area (TPSA) is 86.8 Å². The number of carbonyl (C=O) groups excluding carboxylic acids is 2. The molecule has 2 amide bonds. The van der Waals surface area contributed by atoms with Crippen LogP contribution in [0.3, 0.4) is 0 Å². The Bertz CT molecular complexity index is 1400. The van der Waals surface area contributed by atoms with Crippen molar-refractivity contribution in [3.05, 3.63) is 99.0 Å². The largest absolute Gasteiger partial charge is 0.354 e. The fourth-order valence-electron chi connectivity index (χ4n) is 4.13. The summed E-state index contributed by atoms with van der Waals surface area (Å²) in [5, 5.41) is 3.36. The van der Waals surface area contributed by atoms with Gasteiger partial charge in [-0.3, -0.25) is 13.9 Å². The van der Waals surface area contributed by atoms with Crippen molar-refractivity contribution in [1.29, 1.82) is 0 Å². The van der Waals surface area contributed by atoms with Crippen LogP contribution in [0.25, 0.3) is 0 Å². The highest BCUT2D eigenvalue weighted by atomic mass is 79.9. The molecule has 1 N–H and O–H groups in total. The summed E-state index contributed by atoms with van der Waals surface area (Å²) in [6.45, 7) is 3.80. The Morgan fingerprint density at radius 2 is 1.69 bits per heavy atom. The van der Waals surface area contributed by atoms with Crippen molar-refractivity contribution < 1.29 is 18.0 Å². The molecule has 3 aromatic carbocycles. The predicted octanol–water partition coefficient (Wildman–Crippen LogP) is 5.34. The average Bonchev–Trinajstić information content (AvgIpc) is 2.90. The number of nitrogens with zero attached hydrogens (tertiary/aromatic N) is 2. The zero-order valence-electron chi connectivity index (χ0n) is 22.2. The van der Waals surface area contributed by atoms with Crippen molar-refractivity contribution in [2.75, 3.05) is 23.7 Å². The molecule has 0 aliphatic rings. The van der Waals surface area contributed by atoms with E-state index in [9.17, 15) is 18.0 Å². The number of rotatable bonds is 12. The molecule has 39 heavy (non-hydrogen) atoms. The second-order valence-electron chi connectivity index (χ2n) is 9.31. The van der Waals surface area contributed by atoms with Gasteiger partial charge in [0, 0.05) is 29.0 Å². The maximum atomic E-state index is 14.0. The monoisotopic (exact) mass is 633 g/mol. The Hall–Kier alpha value is -2.88. The Labute approximate surface area is 244 Å². The Morgan fingerprint density at radius 3 is 2.31 bits per heavy atom. The molecule has 3 rings (SSSR count). The zero-order chi connectivity index (χ0) is 28.6. The summed E-state index contributed by atoms with van der Waals surface area (Å²) in [7, 11) is -3.83. The Kier molecular flexibility index (Phi) is 11.0. The van der Waals surface area contributed by atoms with E-state index in [-0.39, 0.29) is 18.9 Å². The molecule has 0 aromatic heterocycles. The summed E-state index contributed by atoms with van der Waals surface area (Å²) in [6.07, 6.45) is 2.04. The number of anilines is 1. The minimum Gasteiger partial charge on any atom is -0.354 e. The van der Waals surface area contributed by atoms with Gasteiger partial charge in [-0.2, -0.15) is 0 Å². The van der Waals surface area contributed by atoms with Crippen molar-refractivity contribution in [3.63, 3.8) is 0 Å². The van der Waals surface area contributed by atoms with Crippen molar-refractivity contribution in [2.45, 2.75) is 39.3 Å². The number of benzene rings is 3. The van der Waals surface area contributed by atoms with Crippen LogP contribution in [0.4, 0.5) is 5.69 Å². The normalized spacial score (nSPS) is 12.0. The molecule has 0 bridgehead atoms. The second-order valence-corrected chi connectivity index (χ2v) is 12.5. The summed E-state index contributed by atoms with van der Waals surface area (Å²) in [5.74, 6) is -0.833. The van der Waals surface area contributed by atoms with E-state index in [1.165, 1.54) is 4.90 Å². The second kappa shape index (κ2) is 14.0. The van der Waals surface area contributed by atoms with Gasteiger partial charge in [-0.15, -0.1) is 0 Å². The third kappa shape index (κ3) is 8.55. The molecule has 0 unspecified atom stereocenters. The van der Waals surface area contributed by atoms with E-state index >= 15 is 0 Å². The van der Waals surface area contributed by atoms with Crippen molar-refractivity contribution in [3.8, 4) is 0 Å². The fourth-order valence-corrected chi connectivity index (χ4v) is 5.41. The number of carbonyl (C=O) groups is 2. The molecule has 7 nitrogen and oxygen atoms in total. The average molecular weight is 635 g/mol. The minimum atomic E-state index is -3.83. The van der Waals surface area contributed by atoms with Gasteiger partial charge in [0.1, 0.15) is 12.6 Å². The van der Waals surface area contributed by atoms with E-state index in [2.05, 4.69) is 21.2 Å². The first-order valence-electron chi connectivity index (χ1n) is 12.6. The van der Waals surface area contributed by atoms with Crippen LogP contribution in [0.15, 0.2) is 77.3 Å². The summed E-state index contributed by atoms with van der Waals surface area (Å²) in [6, 6.07) is 20.7. The molecular formula is C29H33BrClN3O4S. The van der Waals surface area contributed by atoms with Crippen LogP contribution in [0, 0.1) is 6.92 Å². The lowest BCUT2D eigenvalue weighted by Crippen LogP contribution is -2.53. The molecule has 208 valence electrons. The van der Waals surface area contributed by atoms with Gasteiger partial charge in [-0.05, 0) is 54.3 Å². The maximum Gasteiger partial charge on any atom is 0.244 e. The molecule has 0 heterocycles. The molecule has 0 aliphatic heterocycles. The van der Waals surface area contributed by atoms with Crippen LogP contribution in [-0.2, 0) is 32.6 Å². The van der Waals surface area contributed by atoms with Crippen LogP contribution in [-0.4, -0.2) is 50.5 Å². The van der Waals surface area contributed by atoms with Gasteiger partial charge in [0.2, 0.25) is 21.8 Å². The predicted molar refractivity (Wildman–Crippen MR) is 160 cm³/mol. The lowest BCUT2D eigenvalue weighted by molar-refractivity contribution is -0.140. The Balaban J connectivity index is 2.06. The van der Waals surface area contributed by atoms with Crippen molar-refractivity contribution in [1.82, 2.24) is 10.2 Å². The molecule has 1 atom stereocenters. The highest BCUT2D eigenvalue weighted by Gasteiger charge is 2.33. The number of hydrogen-bond donors (Lipinski definition) is 1. The molecule has 0 spiro atoms. The first-order valence-corrected chi connectivity index (χ1v) is 15.6. The van der Waals surface area contributed by atoms with Crippen LogP contribution < -0.4 is 9.62 Å². The summed E-state index contributed by atoms with van der Waals surface area (Å²) in [5.41, 5.74) is 2.70. The molecule has 0 radical (unpaired) electrons. The van der Waals surface area contributed by atoms with Crippen LogP contribution >= 0.6 is 27.5 Å². The molecule has 0 saturated carbocycles. The Morgan fingerprint density at radius 1 is 1.03 bits per heavy atom. The van der Waals surface area contributed by atoms with E-state index in [0.29, 0.717) is 22.8 Å². The first kappa shape index (κ1) is 30.7. The van der Waals surface area contributed by atoms with Gasteiger partial charge in [0.15, 0.2) is 0 Å². The van der Waals surface area contributed by atoms with Crippen molar-refractivity contribution in [2.24, 2.45) is 0 Å². The van der Waals surface area contributed by atoms with Gasteiger partial charge in [0.05, 0.1) is 11.9 Å². The van der Waals surface area contributed by atoms with E-state index < -0.39 is 28.5 Å². The lowest BCUT2D eigenvalue weighted by Gasteiger charge is -2.33. The summed E-state index contributed by atoms with van der Waals surface area (Å²) < 4.78 is 27.6. The van der Waals surface area contributed by atoms with E-state index in [1.54, 1.807) is 42.5 Å². The number of amides is 2. The SMILES string of the molecule is CCCNC(=O)[C@H](Cc1ccccc1)N(Cc1ccccc1Cl)C(=O)CN(c1ccc(Br)c(C)c1)S(C)(=O)=O. The quantitative estimate of drug-likeness (QED) is 0.291. The molecular weight excluding hydrogens is 602 g/mol. The molecule has 0 saturated heterocycles. The molecule has 0 aliphatic carbocycles. The van der Waals surface area contributed by atoms with Gasteiger partial charge in [-0.1, -0.05) is 83.0 Å². The third-order valence-electron chi connectivity index (χ3n) is 6.23. The zero-order valence-corrected chi connectivity index (χ0v) is 25.4. The number of hydrogen-bond acceptors (Lipinski definition) is 4. The fraction of sp³-hybridized carbons (Fsp3) is 0.310. The van der Waals surface area contributed by atoms with Gasteiger partial charge in [0.25, 0.3) is 0 Å². The first-order chi connectivity index (χ1) is 18.5. The van der Waals surface area contributed by atoms with Crippen LogP contribution in [0.1, 0.15) is 30.0 Å². The standard InChI is InChI=1S/C29H33BrClN3O4S/c1-4-16-32-29(36)27(18-22-10-6-5-7-11-22)33(19-23-12-8-9-13-26(23)31)28(35)20-34(39(3,37)38)24-14-15-25(30)21(2)17-24/h5-15,17,27H,4,16,18-20H2,1-3H3,(H,32,36)/t27-/m0/s1. The number of halogens is 2. The van der Waals surface area contributed by atoms with Crippen molar-refractivity contribution >= 4 is 55.1 Å². The van der Waals surface area contributed by atoms with Crippen LogP contribution in [0.5, 0.6) is 0 Å². The smallest absolute Gasteiger partial charge is 0.244 e. The lowest BCUT2D eigenvalue weighted by atomic mass is 10.0. The highest BCUT2D eigenvalue weighted by molar-refractivity contribution is 9.10. The van der Waals surface area contributed by atoms with Crippen LogP contribution in [0.2, 0.25) is 5.02 Å². The van der Waals surface area contributed by atoms with E-state index in [0.717, 1.165) is 32.6 Å². The maximum absolute atomic E-state index is 14.0. The number of aryl methyl sites for hydroxylation is 1. The summed E-state index contributed by atoms with van der Waals surface area (Å²) in [4.78, 5) is 29.0. The summed E-state index contributed by atoms with van der Waals surface area (Å²) >= 11 is 9.89. The van der Waals surface area contributed by atoms with E-state index in [4.69, 9.17) is 11.6 Å². The van der Waals surface area contributed by atoms with Gasteiger partial charge < -0.3 is 10.2 Å². The third-order valence-corrected chi connectivity index (χ3v) is 8.63. The number of nitrogens with one attached hydrogen (secondary N) is 1. The molecule has 10 heteroatoms. The minimum absolute atomic E-state index is 0.0342. The van der Waals surface area contributed by atoms with E-state index in [1.807, 2.05) is 44.2 Å².